The average Bonchev–Trinajstić information content (AvgIpc) is 2.17. The zero-order valence-electron chi connectivity index (χ0n) is 7.96. The van der Waals surface area contributed by atoms with Gasteiger partial charge < -0.3 is 4.90 Å². The molecule has 0 spiro atoms. The van der Waals surface area contributed by atoms with Gasteiger partial charge >= 0.3 is 0 Å². The van der Waals surface area contributed by atoms with E-state index < -0.39 is 5.92 Å². The van der Waals surface area contributed by atoms with E-state index in [4.69, 9.17) is 0 Å². The summed E-state index contributed by atoms with van der Waals surface area (Å²) in [7, 11) is 0. The molecule has 0 aliphatic carbocycles. The van der Waals surface area contributed by atoms with Crippen molar-refractivity contribution in [2.45, 2.75) is 18.8 Å². The Hall–Kier alpha value is -0.780. The summed E-state index contributed by atoms with van der Waals surface area (Å²) in [6.45, 7) is 0.687. The zero-order valence-corrected chi connectivity index (χ0v) is 9.54. The molecule has 0 N–H and O–H groups in total. The highest BCUT2D eigenvalue weighted by atomic mass is 79.9. The molecule has 1 aliphatic rings. The number of hydrogen-bond donors (Lipinski definition) is 0. The van der Waals surface area contributed by atoms with Crippen molar-refractivity contribution in [1.82, 2.24) is 9.97 Å². The highest BCUT2D eigenvalue weighted by Gasteiger charge is 2.34. The van der Waals surface area contributed by atoms with Crippen molar-refractivity contribution in [3.05, 3.63) is 17.0 Å². The first-order chi connectivity index (χ1) is 7.07. The topological polar surface area (TPSA) is 29.0 Å². The quantitative estimate of drug-likeness (QED) is 0.739. The fourth-order valence-electron chi connectivity index (χ4n) is 1.57. The van der Waals surface area contributed by atoms with Crippen LogP contribution >= 0.6 is 15.9 Å². The summed E-state index contributed by atoms with van der Waals surface area (Å²) >= 11 is 3.15. The number of piperidine rings is 1. The van der Waals surface area contributed by atoms with Gasteiger partial charge in [-0.05, 0) is 22.0 Å². The third kappa shape index (κ3) is 2.62. The first-order valence-electron chi connectivity index (χ1n) is 4.68. The van der Waals surface area contributed by atoms with Gasteiger partial charge in [0.25, 0.3) is 5.92 Å². The number of anilines is 1. The number of hydrogen-bond acceptors (Lipinski definition) is 3. The van der Waals surface area contributed by atoms with Gasteiger partial charge in [-0.1, -0.05) is 0 Å². The number of alkyl halides is 2. The van der Waals surface area contributed by atoms with E-state index in [1.165, 1.54) is 0 Å². The van der Waals surface area contributed by atoms with Crippen molar-refractivity contribution in [2.24, 2.45) is 0 Å². The molecule has 0 bridgehead atoms. The second-order valence-corrected chi connectivity index (χ2v) is 4.24. The number of aromatic nitrogens is 2. The van der Waals surface area contributed by atoms with Crippen LogP contribution in [0.25, 0.3) is 0 Å². The minimum absolute atomic E-state index is 0.103. The van der Waals surface area contributed by atoms with Gasteiger partial charge in [-0.3, -0.25) is 0 Å². The fraction of sp³-hybridized carbons (Fsp3) is 0.556. The SMILES string of the molecule is FC1(F)CCN(c2ccnc(Br)n2)CC1. The van der Waals surface area contributed by atoms with Crippen molar-refractivity contribution >= 4 is 21.7 Å². The van der Waals surface area contributed by atoms with Gasteiger partial charge in [0.05, 0.1) is 0 Å². The highest BCUT2D eigenvalue weighted by Crippen LogP contribution is 2.29. The Balaban J connectivity index is 2.08. The van der Waals surface area contributed by atoms with Crippen molar-refractivity contribution in [3.63, 3.8) is 0 Å². The van der Waals surface area contributed by atoms with Crippen LogP contribution in [0.5, 0.6) is 0 Å². The normalized spacial score (nSPS) is 20.3. The van der Waals surface area contributed by atoms with Crippen LogP contribution in [0.3, 0.4) is 0 Å². The lowest BCUT2D eigenvalue weighted by atomic mass is 10.1. The molecule has 2 heterocycles. The van der Waals surface area contributed by atoms with Crippen LogP contribution < -0.4 is 4.90 Å². The van der Waals surface area contributed by atoms with Crippen molar-refractivity contribution < 1.29 is 8.78 Å². The van der Waals surface area contributed by atoms with Gasteiger partial charge in [0.2, 0.25) is 0 Å². The van der Waals surface area contributed by atoms with Gasteiger partial charge in [0.15, 0.2) is 4.73 Å². The molecule has 0 atom stereocenters. The summed E-state index contributed by atoms with van der Waals surface area (Å²) in [5, 5.41) is 0. The molecule has 1 aliphatic heterocycles. The monoisotopic (exact) mass is 277 g/mol. The predicted molar refractivity (Wildman–Crippen MR) is 56.1 cm³/mol. The molecule has 0 aromatic carbocycles. The van der Waals surface area contributed by atoms with Crippen LogP contribution in [-0.4, -0.2) is 29.0 Å². The molecule has 0 saturated carbocycles. The largest absolute Gasteiger partial charge is 0.356 e. The van der Waals surface area contributed by atoms with Crippen molar-refractivity contribution in [1.29, 1.82) is 0 Å². The fourth-order valence-corrected chi connectivity index (χ4v) is 1.87. The molecule has 6 heteroatoms. The number of halogens is 3. The summed E-state index contributed by atoms with van der Waals surface area (Å²) in [5.74, 6) is -1.81. The van der Waals surface area contributed by atoms with Gasteiger partial charge in [-0.25, -0.2) is 18.7 Å². The van der Waals surface area contributed by atoms with Gasteiger partial charge in [0.1, 0.15) is 5.82 Å². The van der Waals surface area contributed by atoms with Gasteiger partial charge in [-0.2, -0.15) is 0 Å². The molecule has 0 radical (unpaired) electrons. The minimum Gasteiger partial charge on any atom is -0.356 e. The van der Waals surface area contributed by atoms with Gasteiger partial charge in [-0.15, -0.1) is 0 Å². The number of rotatable bonds is 1. The Labute approximate surface area is 94.6 Å². The molecule has 0 amide bonds. The Morgan fingerprint density at radius 1 is 1.33 bits per heavy atom. The Morgan fingerprint density at radius 2 is 2.00 bits per heavy atom. The lowest BCUT2D eigenvalue weighted by Gasteiger charge is -2.32. The third-order valence-electron chi connectivity index (χ3n) is 2.43. The molecule has 1 aromatic heterocycles. The third-order valence-corrected chi connectivity index (χ3v) is 2.81. The molecule has 1 saturated heterocycles. The van der Waals surface area contributed by atoms with Crippen LogP contribution in [0.4, 0.5) is 14.6 Å². The minimum atomic E-state index is -2.51. The van der Waals surface area contributed by atoms with E-state index in [1.54, 1.807) is 12.3 Å². The van der Waals surface area contributed by atoms with E-state index >= 15 is 0 Å². The van der Waals surface area contributed by atoms with E-state index in [0.717, 1.165) is 0 Å². The van der Waals surface area contributed by atoms with Crippen LogP contribution in [0.15, 0.2) is 17.0 Å². The number of nitrogens with zero attached hydrogens (tertiary/aromatic N) is 3. The van der Waals surface area contributed by atoms with Crippen molar-refractivity contribution in [3.8, 4) is 0 Å². The van der Waals surface area contributed by atoms with Crippen LogP contribution in [0, 0.1) is 0 Å². The molecular weight excluding hydrogens is 268 g/mol. The molecular formula is C9H10BrF2N3. The standard InChI is InChI=1S/C9H10BrF2N3/c10-8-13-4-1-7(14-8)15-5-2-9(11,12)3-6-15/h1,4H,2-3,5-6H2. The van der Waals surface area contributed by atoms with Crippen molar-refractivity contribution in [2.75, 3.05) is 18.0 Å². The molecule has 3 nitrogen and oxygen atoms in total. The Bertz CT molecular complexity index is 349. The lowest BCUT2D eigenvalue weighted by Crippen LogP contribution is -2.39. The first-order valence-corrected chi connectivity index (χ1v) is 5.47. The molecule has 1 fully saturated rings. The van der Waals surface area contributed by atoms with E-state index in [0.29, 0.717) is 23.6 Å². The summed E-state index contributed by atoms with van der Waals surface area (Å²) in [4.78, 5) is 9.88. The summed E-state index contributed by atoms with van der Waals surface area (Å²) in [6, 6.07) is 1.73. The van der Waals surface area contributed by atoms with E-state index in [-0.39, 0.29) is 12.8 Å². The molecule has 15 heavy (non-hydrogen) atoms. The summed E-state index contributed by atoms with van der Waals surface area (Å²) in [6.07, 6.45) is 1.41. The van der Waals surface area contributed by atoms with Crippen LogP contribution in [-0.2, 0) is 0 Å². The molecule has 82 valence electrons. The molecule has 0 unspecified atom stereocenters. The molecule has 1 aromatic rings. The average molecular weight is 278 g/mol. The molecule has 2 rings (SSSR count). The predicted octanol–water partition coefficient (Wildman–Crippen LogP) is 2.47. The maximum absolute atomic E-state index is 12.9. The summed E-state index contributed by atoms with van der Waals surface area (Å²) < 4.78 is 26.3. The zero-order chi connectivity index (χ0) is 10.9. The van der Waals surface area contributed by atoms with E-state index in [9.17, 15) is 8.78 Å². The smallest absolute Gasteiger partial charge is 0.251 e. The highest BCUT2D eigenvalue weighted by molar-refractivity contribution is 9.10. The van der Waals surface area contributed by atoms with Crippen LogP contribution in [0.2, 0.25) is 0 Å². The van der Waals surface area contributed by atoms with E-state index in [1.807, 2.05) is 4.90 Å². The lowest BCUT2D eigenvalue weighted by molar-refractivity contribution is -0.0221. The second-order valence-electron chi connectivity index (χ2n) is 3.53. The Morgan fingerprint density at radius 3 is 2.60 bits per heavy atom. The Kier molecular flexibility index (Phi) is 2.86. The maximum Gasteiger partial charge on any atom is 0.251 e. The first kappa shape index (κ1) is 10.7. The maximum atomic E-state index is 12.9. The van der Waals surface area contributed by atoms with Gasteiger partial charge in [0, 0.05) is 32.1 Å². The second kappa shape index (κ2) is 4.00. The summed E-state index contributed by atoms with van der Waals surface area (Å²) in [5.41, 5.74) is 0. The van der Waals surface area contributed by atoms with E-state index in [2.05, 4.69) is 25.9 Å². The van der Waals surface area contributed by atoms with Crippen LogP contribution in [0.1, 0.15) is 12.8 Å².